The summed E-state index contributed by atoms with van der Waals surface area (Å²) in [5.74, 6) is -0.240. The number of furan rings is 1. The second-order valence-corrected chi connectivity index (χ2v) is 7.35. The molecule has 1 N–H and O–H groups in total. The number of rotatable bonds is 7. The Labute approximate surface area is 190 Å². The van der Waals surface area contributed by atoms with E-state index in [1.807, 2.05) is 43.3 Å². The molecule has 0 aliphatic rings. The minimum absolute atomic E-state index is 0.0351. The second kappa shape index (κ2) is 9.54. The van der Waals surface area contributed by atoms with Crippen LogP contribution in [0.1, 0.15) is 28.6 Å². The Hall–Kier alpha value is -3.83. The normalized spacial score (nSPS) is 11.1. The number of amides is 1. The fourth-order valence-corrected chi connectivity index (χ4v) is 3.51. The Morgan fingerprint density at radius 2 is 1.78 bits per heavy atom. The Morgan fingerprint density at radius 3 is 2.53 bits per heavy atom. The lowest BCUT2D eigenvalue weighted by Crippen LogP contribution is -2.11. The maximum Gasteiger partial charge on any atom is 0.248 e. The van der Waals surface area contributed by atoms with Gasteiger partial charge in [0, 0.05) is 17.0 Å². The van der Waals surface area contributed by atoms with Crippen molar-refractivity contribution in [3.63, 3.8) is 0 Å². The average Bonchev–Trinajstić information content (AvgIpc) is 3.17. The lowest BCUT2D eigenvalue weighted by atomic mass is 10.1. The molecular weight excluding hydrogens is 426 g/mol. The van der Waals surface area contributed by atoms with E-state index in [0.717, 1.165) is 5.56 Å². The Balaban J connectivity index is 1.67. The number of ketones is 1. The topological polar surface area (TPSA) is 68.5 Å². The molecule has 0 aliphatic heterocycles. The van der Waals surface area contributed by atoms with E-state index >= 15 is 0 Å². The highest BCUT2D eigenvalue weighted by Crippen LogP contribution is 2.34. The SMILES string of the molecule is CCOc1ccc(C(=O)c2oc3ccccc3c2NC(=O)/C=C/c2ccccc2)cc1Cl. The molecule has 4 aromatic rings. The van der Waals surface area contributed by atoms with Crippen LogP contribution in [0.2, 0.25) is 5.02 Å². The highest BCUT2D eigenvalue weighted by atomic mass is 35.5. The van der Waals surface area contributed by atoms with Crippen LogP contribution >= 0.6 is 11.6 Å². The van der Waals surface area contributed by atoms with Crippen LogP contribution in [0.15, 0.2) is 83.3 Å². The molecule has 0 saturated carbocycles. The van der Waals surface area contributed by atoms with E-state index in [0.29, 0.717) is 39.6 Å². The molecule has 0 radical (unpaired) electrons. The van der Waals surface area contributed by atoms with Gasteiger partial charge in [-0.1, -0.05) is 54.1 Å². The second-order valence-electron chi connectivity index (χ2n) is 6.94. The van der Waals surface area contributed by atoms with Gasteiger partial charge >= 0.3 is 0 Å². The van der Waals surface area contributed by atoms with Crippen molar-refractivity contribution >= 4 is 46.0 Å². The van der Waals surface area contributed by atoms with Crippen LogP contribution in [0, 0.1) is 0 Å². The van der Waals surface area contributed by atoms with E-state index in [4.69, 9.17) is 20.8 Å². The maximum atomic E-state index is 13.3. The van der Waals surface area contributed by atoms with Crippen molar-refractivity contribution in [2.45, 2.75) is 6.92 Å². The van der Waals surface area contributed by atoms with E-state index in [-0.39, 0.29) is 11.7 Å². The standard InChI is InChI=1S/C26H20ClNO4/c1-2-31-22-14-13-18(16-20(22)27)25(30)26-24(19-10-6-7-11-21(19)32-26)28-23(29)15-12-17-8-4-3-5-9-17/h3-16H,2H2,1H3,(H,28,29)/b15-12+. The molecular formula is C26H20ClNO4. The van der Waals surface area contributed by atoms with Crippen LogP contribution in [-0.4, -0.2) is 18.3 Å². The van der Waals surface area contributed by atoms with Crippen molar-refractivity contribution in [2.24, 2.45) is 0 Å². The van der Waals surface area contributed by atoms with Crippen LogP contribution in [0.5, 0.6) is 5.75 Å². The quantitative estimate of drug-likeness (QED) is 0.265. The van der Waals surface area contributed by atoms with Gasteiger partial charge in [-0.05, 0) is 48.9 Å². The Morgan fingerprint density at radius 1 is 1.03 bits per heavy atom. The lowest BCUT2D eigenvalue weighted by molar-refractivity contribution is -0.111. The first-order valence-electron chi connectivity index (χ1n) is 10.1. The number of fused-ring (bicyclic) bond motifs is 1. The summed E-state index contributed by atoms with van der Waals surface area (Å²) in [4.78, 5) is 25.9. The number of carbonyl (C=O) groups is 2. The summed E-state index contributed by atoms with van der Waals surface area (Å²) >= 11 is 6.26. The Bertz CT molecular complexity index is 1310. The van der Waals surface area contributed by atoms with Gasteiger partial charge in [0.1, 0.15) is 11.3 Å². The summed E-state index contributed by atoms with van der Waals surface area (Å²) in [6.07, 6.45) is 3.12. The third-order valence-corrected chi connectivity index (χ3v) is 5.07. The largest absolute Gasteiger partial charge is 0.492 e. The van der Waals surface area contributed by atoms with Gasteiger partial charge in [-0.2, -0.15) is 0 Å². The molecule has 0 bridgehead atoms. The van der Waals surface area contributed by atoms with Gasteiger partial charge in [-0.25, -0.2) is 0 Å². The molecule has 1 heterocycles. The van der Waals surface area contributed by atoms with Gasteiger partial charge in [0.15, 0.2) is 5.76 Å². The van der Waals surface area contributed by atoms with Crippen molar-refractivity contribution in [1.29, 1.82) is 0 Å². The minimum atomic E-state index is -0.395. The summed E-state index contributed by atoms with van der Waals surface area (Å²) < 4.78 is 11.3. The summed E-state index contributed by atoms with van der Waals surface area (Å²) in [7, 11) is 0. The summed E-state index contributed by atoms with van der Waals surface area (Å²) in [6, 6.07) is 21.4. The van der Waals surface area contributed by atoms with E-state index in [1.165, 1.54) is 12.1 Å². The number of para-hydroxylation sites is 1. The molecule has 0 fully saturated rings. The summed E-state index contributed by atoms with van der Waals surface area (Å²) in [5, 5.41) is 3.76. The first-order valence-corrected chi connectivity index (χ1v) is 10.5. The van der Waals surface area contributed by atoms with Gasteiger partial charge < -0.3 is 14.5 Å². The number of halogens is 1. The van der Waals surface area contributed by atoms with Crippen molar-refractivity contribution in [3.05, 3.63) is 101 Å². The molecule has 32 heavy (non-hydrogen) atoms. The minimum Gasteiger partial charge on any atom is -0.492 e. The van der Waals surface area contributed by atoms with Crippen molar-refractivity contribution in [3.8, 4) is 5.75 Å². The van der Waals surface area contributed by atoms with Crippen LogP contribution in [0.3, 0.4) is 0 Å². The zero-order chi connectivity index (χ0) is 22.5. The summed E-state index contributed by atoms with van der Waals surface area (Å²) in [6.45, 7) is 2.31. The van der Waals surface area contributed by atoms with Gasteiger partial charge in [0.25, 0.3) is 0 Å². The van der Waals surface area contributed by atoms with Crippen molar-refractivity contribution < 1.29 is 18.7 Å². The Kier molecular flexibility index (Phi) is 6.38. The van der Waals surface area contributed by atoms with Gasteiger partial charge in [-0.15, -0.1) is 0 Å². The lowest BCUT2D eigenvalue weighted by Gasteiger charge is -2.08. The van der Waals surface area contributed by atoms with E-state index in [2.05, 4.69) is 5.32 Å². The molecule has 4 rings (SSSR count). The van der Waals surface area contributed by atoms with Crippen molar-refractivity contribution in [2.75, 3.05) is 11.9 Å². The molecule has 6 heteroatoms. The molecule has 0 atom stereocenters. The fraction of sp³-hybridized carbons (Fsp3) is 0.0769. The molecule has 1 amide bonds. The van der Waals surface area contributed by atoms with Gasteiger partial charge in [0.05, 0.1) is 17.3 Å². The molecule has 160 valence electrons. The number of hydrogen-bond donors (Lipinski definition) is 1. The molecule has 0 aliphatic carbocycles. The molecule has 0 unspecified atom stereocenters. The van der Waals surface area contributed by atoms with Gasteiger partial charge in [0.2, 0.25) is 11.7 Å². The molecule has 3 aromatic carbocycles. The molecule has 0 saturated heterocycles. The smallest absolute Gasteiger partial charge is 0.248 e. The fourth-order valence-electron chi connectivity index (χ4n) is 3.28. The monoisotopic (exact) mass is 445 g/mol. The zero-order valence-electron chi connectivity index (χ0n) is 17.3. The molecule has 0 spiro atoms. The number of benzene rings is 3. The third kappa shape index (κ3) is 4.58. The number of hydrogen-bond acceptors (Lipinski definition) is 4. The van der Waals surface area contributed by atoms with Gasteiger partial charge in [-0.3, -0.25) is 9.59 Å². The van der Waals surface area contributed by atoms with E-state index in [9.17, 15) is 9.59 Å². The average molecular weight is 446 g/mol. The van der Waals surface area contributed by atoms with Crippen molar-refractivity contribution in [1.82, 2.24) is 0 Å². The number of ether oxygens (including phenoxy) is 1. The predicted octanol–water partition coefficient (Wildman–Crippen LogP) is 6.37. The maximum absolute atomic E-state index is 13.3. The van der Waals surface area contributed by atoms with Crippen LogP contribution in [0.25, 0.3) is 17.0 Å². The third-order valence-electron chi connectivity index (χ3n) is 4.77. The number of carbonyl (C=O) groups excluding carboxylic acids is 2. The molecule has 1 aromatic heterocycles. The first-order chi connectivity index (χ1) is 15.6. The zero-order valence-corrected chi connectivity index (χ0v) is 18.1. The number of nitrogens with one attached hydrogen (secondary N) is 1. The first kappa shape index (κ1) is 21.4. The van der Waals surface area contributed by atoms with E-state index in [1.54, 1.807) is 36.4 Å². The van der Waals surface area contributed by atoms with E-state index < -0.39 is 5.78 Å². The number of anilines is 1. The molecule has 5 nitrogen and oxygen atoms in total. The van der Waals surface area contributed by atoms with Crippen LogP contribution in [-0.2, 0) is 4.79 Å². The highest BCUT2D eigenvalue weighted by molar-refractivity contribution is 6.32. The van der Waals surface area contributed by atoms with Crippen LogP contribution < -0.4 is 10.1 Å². The van der Waals surface area contributed by atoms with Crippen LogP contribution in [0.4, 0.5) is 5.69 Å². The summed E-state index contributed by atoms with van der Waals surface area (Å²) in [5.41, 5.74) is 2.03. The highest BCUT2D eigenvalue weighted by Gasteiger charge is 2.23. The predicted molar refractivity (Wildman–Crippen MR) is 126 cm³/mol.